The summed E-state index contributed by atoms with van der Waals surface area (Å²) >= 11 is 3.21. The Balaban J connectivity index is 2.98. The SMILES string of the molecule is CCOC(=O)C(CC)c1cc(F)cc(Br)c1. The van der Waals surface area contributed by atoms with E-state index in [0.717, 1.165) is 0 Å². The molecule has 0 aliphatic carbocycles. The monoisotopic (exact) mass is 288 g/mol. The molecule has 1 aromatic carbocycles. The van der Waals surface area contributed by atoms with Crippen molar-refractivity contribution in [2.24, 2.45) is 0 Å². The van der Waals surface area contributed by atoms with Gasteiger partial charge in [0.15, 0.2) is 0 Å². The van der Waals surface area contributed by atoms with Gasteiger partial charge >= 0.3 is 5.97 Å². The Morgan fingerprint density at radius 1 is 1.44 bits per heavy atom. The zero-order chi connectivity index (χ0) is 12.1. The molecule has 0 saturated carbocycles. The maximum atomic E-state index is 13.2. The molecule has 0 saturated heterocycles. The number of benzene rings is 1. The predicted molar refractivity (Wildman–Crippen MR) is 63.8 cm³/mol. The molecular formula is C12H14BrFO2. The second kappa shape index (κ2) is 5.99. The fourth-order valence-electron chi connectivity index (χ4n) is 1.56. The van der Waals surface area contributed by atoms with Gasteiger partial charge in [0.05, 0.1) is 12.5 Å². The summed E-state index contributed by atoms with van der Waals surface area (Å²) in [5.41, 5.74) is 0.646. The van der Waals surface area contributed by atoms with E-state index in [1.54, 1.807) is 13.0 Å². The predicted octanol–water partition coefficient (Wildman–Crippen LogP) is 3.64. The third-order valence-electron chi connectivity index (χ3n) is 2.27. The van der Waals surface area contributed by atoms with Crippen LogP contribution in [0.2, 0.25) is 0 Å². The van der Waals surface area contributed by atoms with Crippen LogP contribution >= 0.6 is 15.9 Å². The van der Waals surface area contributed by atoms with Crippen LogP contribution in [0.3, 0.4) is 0 Å². The van der Waals surface area contributed by atoms with E-state index in [9.17, 15) is 9.18 Å². The fraction of sp³-hybridized carbons (Fsp3) is 0.417. The van der Waals surface area contributed by atoms with Gasteiger partial charge < -0.3 is 4.74 Å². The Morgan fingerprint density at radius 2 is 2.12 bits per heavy atom. The van der Waals surface area contributed by atoms with Crippen LogP contribution < -0.4 is 0 Å². The van der Waals surface area contributed by atoms with Gasteiger partial charge in [0.2, 0.25) is 0 Å². The van der Waals surface area contributed by atoms with Crippen LogP contribution in [0.1, 0.15) is 31.7 Å². The summed E-state index contributed by atoms with van der Waals surface area (Å²) < 4.78 is 18.8. The Morgan fingerprint density at radius 3 is 2.62 bits per heavy atom. The average Bonchev–Trinajstić information content (AvgIpc) is 2.17. The van der Waals surface area contributed by atoms with E-state index in [4.69, 9.17) is 4.74 Å². The smallest absolute Gasteiger partial charge is 0.313 e. The first-order valence-electron chi connectivity index (χ1n) is 5.21. The molecule has 1 rings (SSSR count). The quantitative estimate of drug-likeness (QED) is 0.791. The second-order valence-electron chi connectivity index (χ2n) is 3.42. The lowest BCUT2D eigenvalue weighted by Gasteiger charge is -2.14. The lowest BCUT2D eigenvalue weighted by atomic mass is 9.96. The number of rotatable bonds is 4. The molecule has 0 aliphatic heterocycles. The molecule has 0 aliphatic rings. The second-order valence-corrected chi connectivity index (χ2v) is 4.33. The van der Waals surface area contributed by atoms with Crippen LogP contribution in [0.25, 0.3) is 0 Å². The first-order valence-corrected chi connectivity index (χ1v) is 6.00. The van der Waals surface area contributed by atoms with Crippen molar-refractivity contribution in [3.05, 3.63) is 34.1 Å². The molecule has 0 aromatic heterocycles. The highest BCUT2D eigenvalue weighted by Crippen LogP contribution is 2.25. The molecule has 1 unspecified atom stereocenters. The molecule has 16 heavy (non-hydrogen) atoms. The number of esters is 1. The van der Waals surface area contributed by atoms with Crippen LogP contribution in [0, 0.1) is 5.82 Å². The molecule has 4 heteroatoms. The van der Waals surface area contributed by atoms with Crippen LogP contribution in [0.5, 0.6) is 0 Å². The zero-order valence-corrected chi connectivity index (χ0v) is 10.9. The van der Waals surface area contributed by atoms with Gasteiger partial charge in [0, 0.05) is 4.47 Å². The van der Waals surface area contributed by atoms with Gasteiger partial charge in [0.25, 0.3) is 0 Å². The highest BCUT2D eigenvalue weighted by Gasteiger charge is 2.20. The van der Waals surface area contributed by atoms with Gasteiger partial charge in [-0.3, -0.25) is 4.79 Å². The minimum absolute atomic E-state index is 0.303. The van der Waals surface area contributed by atoms with Crippen LogP contribution in [0.4, 0.5) is 4.39 Å². The van der Waals surface area contributed by atoms with E-state index < -0.39 is 5.92 Å². The molecular weight excluding hydrogens is 275 g/mol. The van der Waals surface area contributed by atoms with Crippen LogP contribution in [0.15, 0.2) is 22.7 Å². The van der Waals surface area contributed by atoms with E-state index in [0.29, 0.717) is 23.1 Å². The number of hydrogen-bond acceptors (Lipinski definition) is 2. The number of hydrogen-bond donors (Lipinski definition) is 0. The molecule has 1 aromatic rings. The van der Waals surface area contributed by atoms with Gasteiger partial charge in [0.1, 0.15) is 5.82 Å². The maximum absolute atomic E-state index is 13.2. The Hall–Kier alpha value is -0.900. The van der Waals surface area contributed by atoms with E-state index in [2.05, 4.69) is 15.9 Å². The lowest BCUT2D eigenvalue weighted by Crippen LogP contribution is -2.15. The van der Waals surface area contributed by atoms with E-state index in [1.807, 2.05) is 6.92 Å². The summed E-state index contributed by atoms with van der Waals surface area (Å²) in [5.74, 6) is -1.05. The number of carbonyl (C=O) groups is 1. The summed E-state index contributed by atoms with van der Waals surface area (Å²) in [7, 11) is 0. The lowest BCUT2D eigenvalue weighted by molar-refractivity contribution is -0.145. The molecule has 0 N–H and O–H groups in total. The third-order valence-corrected chi connectivity index (χ3v) is 2.72. The minimum atomic E-state index is -0.396. The number of carbonyl (C=O) groups excluding carboxylic acids is 1. The van der Waals surface area contributed by atoms with Crippen molar-refractivity contribution in [3.8, 4) is 0 Å². The van der Waals surface area contributed by atoms with Gasteiger partial charge in [-0.15, -0.1) is 0 Å². The van der Waals surface area contributed by atoms with Gasteiger partial charge in [-0.2, -0.15) is 0 Å². The van der Waals surface area contributed by atoms with E-state index in [1.165, 1.54) is 12.1 Å². The molecule has 2 nitrogen and oxygen atoms in total. The van der Waals surface area contributed by atoms with Crippen molar-refractivity contribution in [1.82, 2.24) is 0 Å². The topological polar surface area (TPSA) is 26.3 Å². The normalized spacial score (nSPS) is 12.2. The number of halogens is 2. The standard InChI is InChI=1S/C12H14BrFO2/c1-3-11(12(15)16-4-2)8-5-9(13)7-10(14)6-8/h5-7,11H,3-4H2,1-2H3. The molecule has 0 heterocycles. The van der Waals surface area contributed by atoms with E-state index >= 15 is 0 Å². The van der Waals surface area contributed by atoms with Crippen molar-refractivity contribution in [2.45, 2.75) is 26.2 Å². The van der Waals surface area contributed by atoms with Gasteiger partial charge in [-0.05, 0) is 37.1 Å². The first-order chi connectivity index (χ1) is 7.58. The van der Waals surface area contributed by atoms with Crippen molar-refractivity contribution >= 4 is 21.9 Å². The van der Waals surface area contributed by atoms with Crippen molar-refractivity contribution in [1.29, 1.82) is 0 Å². The number of ether oxygens (including phenoxy) is 1. The highest BCUT2D eigenvalue weighted by atomic mass is 79.9. The van der Waals surface area contributed by atoms with Crippen molar-refractivity contribution < 1.29 is 13.9 Å². The fourth-order valence-corrected chi connectivity index (χ4v) is 2.04. The largest absolute Gasteiger partial charge is 0.466 e. The molecule has 0 radical (unpaired) electrons. The minimum Gasteiger partial charge on any atom is -0.466 e. The summed E-state index contributed by atoms with van der Waals surface area (Å²) in [6.07, 6.45) is 0.592. The summed E-state index contributed by atoms with van der Waals surface area (Å²) in [6.45, 7) is 3.97. The first kappa shape index (κ1) is 13.2. The zero-order valence-electron chi connectivity index (χ0n) is 9.30. The molecule has 0 spiro atoms. The van der Waals surface area contributed by atoms with Crippen LogP contribution in [-0.4, -0.2) is 12.6 Å². The maximum Gasteiger partial charge on any atom is 0.313 e. The summed E-state index contributed by atoms with van der Waals surface area (Å²) in [6, 6.07) is 4.48. The molecule has 0 fully saturated rings. The third kappa shape index (κ3) is 3.30. The van der Waals surface area contributed by atoms with Crippen LogP contribution in [-0.2, 0) is 9.53 Å². The van der Waals surface area contributed by atoms with Crippen molar-refractivity contribution in [3.63, 3.8) is 0 Å². The average molecular weight is 289 g/mol. The molecule has 88 valence electrons. The molecule has 0 bridgehead atoms. The summed E-state index contributed by atoms with van der Waals surface area (Å²) in [5, 5.41) is 0. The van der Waals surface area contributed by atoms with Crippen molar-refractivity contribution in [2.75, 3.05) is 6.61 Å². The summed E-state index contributed by atoms with van der Waals surface area (Å²) in [4.78, 5) is 11.6. The Labute approximate surface area is 103 Å². The van der Waals surface area contributed by atoms with E-state index in [-0.39, 0.29) is 11.8 Å². The molecule has 1 atom stereocenters. The highest BCUT2D eigenvalue weighted by molar-refractivity contribution is 9.10. The molecule has 0 amide bonds. The Kier molecular flexibility index (Phi) is 4.93. The van der Waals surface area contributed by atoms with Gasteiger partial charge in [-0.1, -0.05) is 22.9 Å². The van der Waals surface area contributed by atoms with Gasteiger partial charge in [-0.25, -0.2) is 4.39 Å². The Bertz CT molecular complexity index is 359.